The summed E-state index contributed by atoms with van der Waals surface area (Å²) in [4.78, 5) is 11.4. The summed E-state index contributed by atoms with van der Waals surface area (Å²) in [5, 5.41) is 13.8. The van der Waals surface area contributed by atoms with E-state index in [0.29, 0.717) is 31.7 Å². The van der Waals surface area contributed by atoms with Crippen molar-refractivity contribution in [2.45, 2.75) is 68.4 Å². The van der Waals surface area contributed by atoms with E-state index in [-0.39, 0.29) is 17.7 Å². The average Bonchev–Trinajstić information content (AvgIpc) is 2.72. The molecule has 2 aromatic carbocycles. The quantitative estimate of drug-likeness (QED) is 0.627. The summed E-state index contributed by atoms with van der Waals surface area (Å²) in [6, 6.07) is 10.2. The monoisotopic (exact) mass is 479 g/mol. The van der Waals surface area contributed by atoms with Gasteiger partial charge in [-0.15, -0.1) is 0 Å². The summed E-state index contributed by atoms with van der Waals surface area (Å²) in [6.45, 7) is 6.28. The zero-order valence-electron chi connectivity index (χ0n) is 19.2. The summed E-state index contributed by atoms with van der Waals surface area (Å²) in [5.74, 6) is -2.49. The molecule has 0 aromatic heterocycles. The first kappa shape index (κ1) is 25.5. The van der Waals surface area contributed by atoms with Gasteiger partial charge in [0.05, 0.1) is 16.8 Å². The molecule has 1 saturated carbocycles. The molecule has 3 rings (SSSR count). The molecular weight excluding hydrogens is 448 g/mol. The van der Waals surface area contributed by atoms with Gasteiger partial charge in [-0.25, -0.2) is 17.2 Å². The summed E-state index contributed by atoms with van der Waals surface area (Å²) >= 11 is 0. The minimum atomic E-state index is -4.10. The molecule has 180 valence electrons. The molecule has 0 spiro atoms. The fourth-order valence-corrected chi connectivity index (χ4v) is 5.64. The molecule has 0 radical (unpaired) electrons. The molecule has 1 atom stereocenters. The molecule has 8 heteroatoms. The van der Waals surface area contributed by atoms with Gasteiger partial charge >= 0.3 is 0 Å². The van der Waals surface area contributed by atoms with Crippen LogP contribution in [0, 0.1) is 11.6 Å². The van der Waals surface area contributed by atoms with Gasteiger partial charge in [0.1, 0.15) is 17.4 Å². The van der Waals surface area contributed by atoms with E-state index in [0.717, 1.165) is 23.3 Å². The number of hydrogen-bond donors (Lipinski definition) is 2. The van der Waals surface area contributed by atoms with Crippen LogP contribution < -0.4 is 5.32 Å². The Kier molecular flexibility index (Phi) is 7.41. The third-order valence-corrected chi connectivity index (χ3v) is 8.00. The van der Waals surface area contributed by atoms with Crippen molar-refractivity contribution in [3.05, 3.63) is 65.2 Å². The average molecular weight is 480 g/mol. The lowest BCUT2D eigenvalue weighted by atomic mass is 9.74. The number of hydrogen-bond acceptors (Lipinski definition) is 5. The highest BCUT2D eigenvalue weighted by molar-refractivity contribution is 7.91. The van der Waals surface area contributed by atoms with Gasteiger partial charge in [-0.3, -0.25) is 4.79 Å². The van der Waals surface area contributed by atoms with Gasteiger partial charge in [-0.05, 0) is 41.5 Å². The van der Waals surface area contributed by atoms with E-state index < -0.39 is 43.8 Å². The molecule has 0 heterocycles. The SMILES string of the molecule is CC(C)(C)c1cccc(C2(NCC(O)CS(=O)(=O)c3cc(F)cc(F)c3)CCC(=O)CC2)c1. The van der Waals surface area contributed by atoms with Crippen molar-refractivity contribution in [3.63, 3.8) is 0 Å². The Bertz CT molecular complexity index is 1100. The Hall–Kier alpha value is -2.16. The highest BCUT2D eigenvalue weighted by atomic mass is 32.2. The Labute approximate surface area is 194 Å². The van der Waals surface area contributed by atoms with Gasteiger partial charge in [-0.2, -0.15) is 0 Å². The maximum Gasteiger partial charge on any atom is 0.181 e. The molecule has 1 aliphatic carbocycles. The van der Waals surface area contributed by atoms with Crippen LogP contribution in [0.15, 0.2) is 47.4 Å². The highest BCUT2D eigenvalue weighted by Gasteiger charge is 2.37. The topological polar surface area (TPSA) is 83.5 Å². The Morgan fingerprint density at radius 1 is 1.06 bits per heavy atom. The predicted molar refractivity (Wildman–Crippen MR) is 123 cm³/mol. The third kappa shape index (κ3) is 6.25. The first-order valence-electron chi connectivity index (χ1n) is 11.1. The molecule has 5 nitrogen and oxygen atoms in total. The number of rotatable bonds is 7. The van der Waals surface area contributed by atoms with E-state index in [4.69, 9.17) is 0 Å². The van der Waals surface area contributed by atoms with Crippen LogP contribution in [-0.4, -0.2) is 37.7 Å². The van der Waals surface area contributed by atoms with Crippen LogP contribution in [-0.2, 0) is 25.6 Å². The number of Topliss-reactive ketones (excluding diaryl/α,β-unsaturated/α-hetero) is 1. The maximum absolute atomic E-state index is 13.5. The summed E-state index contributed by atoms with van der Waals surface area (Å²) in [7, 11) is -4.10. The Morgan fingerprint density at radius 3 is 2.24 bits per heavy atom. The van der Waals surface area contributed by atoms with E-state index in [1.165, 1.54) is 0 Å². The van der Waals surface area contributed by atoms with Crippen LogP contribution in [0.5, 0.6) is 0 Å². The van der Waals surface area contributed by atoms with Gasteiger partial charge in [-0.1, -0.05) is 45.0 Å². The van der Waals surface area contributed by atoms with Crippen molar-refractivity contribution in [3.8, 4) is 0 Å². The van der Waals surface area contributed by atoms with E-state index >= 15 is 0 Å². The number of aliphatic hydroxyl groups excluding tert-OH is 1. The molecular formula is C25H31F2NO4S. The predicted octanol–water partition coefficient (Wildman–Crippen LogP) is 4.03. The van der Waals surface area contributed by atoms with Crippen molar-refractivity contribution in [2.75, 3.05) is 12.3 Å². The van der Waals surface area contributed by atoms with E-state index in [1.807, 2.05) is 18.2 Å². The number of aliphatic hydroxyl groups is 1. The normalized spacial score (nSPS) is 17.7. The Balaban J connectivity index is 1.80. The van der Waals surface area contributed by atoms with Gasteiger partial charge in [0.2, 0.25) is 0 Å². The lowest BCUT2D eigenvalue weighted by Gasteiger charge is -2.40. The number of carbonyl (C=O) groups is 1. The number of halogens is 2. The maximum atomic E-state index is 13.5. The molecule has 0 saturated heterocycles. The van der Waals surface area contributed by atoms with Crippen LogP contribution in [0.3, 0.4) is 0 Å². The highest BCUT2D eigenvalue weighted by Crippen LogP contribution is 2.37. The smallest absolute Gasteiger partial charge is 0.181 e. The fourth-order valence-electron chi connectivity index (χ4n) is 4.24. The largest absolute Gasteiger partial charge is 0.391 e. The van der Waals surface area contributed by atoms with Crippen molar-refractivity contribution < 1.29 is 27.1 Å². The number of carbonyl (C=O) groups excluding carboxylic acids is 1. The molecule has 1 fully saturated rings. The summed E-state index contributed by atoms with van der Waals surface area (Å²) < 4.78 is 52.1. The number of sulfone groups is 1. The van der Waals surface area contributed by atoms with Crippen molar-refractivity contribution in [1.29, 1.82) is 0 Å². The van der Waals surface area contributed by atoms with Crippen LogP contribution in [0.4, 0.5) is 8.78 Å². The third-order valence-electron chi connectivity index (χ3n) is 6.23. The van der Waals surface area contributed by atoms with Crippen molar-refractivity contribution in [2.24, 2.45) is 0 Å². The lowest BCUT2D eigenvalue weighted by Crippen LogP contribution is -2.49. The van der Waals surface area contributed by atoms with Gasteiger partial charge in [0.15, 0.2) is 9.84 Å². The lowest BCUT2D eigenvalue weighted by molar-refractivity contribution is -0.121. The van der Waals surface area contributed by atoms with Crippen LogP contribution in [0.2, 0.25) is 0 Å². The van der Waals surface area contributed by atoms with E-state index in [2.05, 4.69) is 32.2 Å². The van der Waals surface area contributed by atoms with Crippen molar-refractivity contribution >= 4 is 15.6 Å². The van der Waals surface area contributed by atoms with E-state index in [1.54, 1.807) is 0 Å². The molecule has 0 aliphatic heterocycles. The van der Waals surface area contributed by atoms with Gasteiger partial charge in [0.25, 0.3) is 0 Å². The second-order valence-corrected chi connectivity index (χ2v) is 11.9. The van der Waals surface area contributed by atoms with Gasteiger partial charge in [0, 0.05) is 31.0 Å². The van der Waals surface area contributed by atoms with Gasteiger partial charge < -0.3 is 10.4 Å². The summed E-state index contributed by atoms with van der Waals surface area (Å²) in [6.07, 6.45) is 0.553. The van der Waals surface area contributed by atoms with E-state index in [9.17, 15) is 27.1 Å². The summed E-state index contributed by atoms with van der Waals surface area (Å²) in [5.41, 5.74) is 1.47. The number of benzene rings is 2. The fraction of sp³-hybridized carbons (Fsp3) is 0.480. The molecule has 1 unspecified atom stereocenters. The van der Waals surface area contributed by atoms with Crippen LogP contribution in [0.1, 0.15) is 57.6 Å². The second-order valence-electron chi connectivity index (χ2n) is 9.87. The molecule has 1 aliphatic rings. The minimum absolute atomic E-state index is 0.0506. The van der Waals surface area contributed by atoms with Crippen molar-refractivity contribution in [1.82, 2.24) is 5.32 Å². The zero-order valence-corrected chi connectivity index (χ0v) is 20.0. The molecule has 33 heavy (non-hydrogen) atoms. The zero-order chi connectivity index (χ0) is 24.4. The standard InChI is InChI=1S/C25H31F2NO4S/c1-24(2,3)17-5-4-6-18(11-17)25(9-7-21(29)8-10-25)28-15-22(30)16-33(31,32)23-13-19(26)12-20(27)14-23/h4-6,11-14,22,28,30H,7-10,15-16H2,1-3H3. The number of nitrogens with one attached hydrogen (secondary N) is 1. The molecule has 0 amide bonds. The second kappa shape index (κ2) is 9.60. The Morgan fingerprint density at radius 2 is 1.67 bits per heavy atom. The minimum Gasteiger partial charge on any atom is -0.391 e. The number of ketones is 1. The molecule has 2 N–H and O–H groups in total. The molecule has 0 bridgehead atoms. The van der Waals surface area contributed by atoms with Crippen LogP contribution in [0.25, 0.3) is 0 Å². The first-order chi connectivity index (χ1) is 15.3. The first-order valence-corrected chi connectivity index (χ1v) is 12.7. The molecule has 2 aromatic rings. The van der Waals surface area contributed by atoms with Crippen LogP contribution >= 0.6 is 0 Å².